The molecule has 0 amide bonds. The Morgan fingerprint density at radius 2 is 2.17 bits per heavy atom. The summed E-state index contributed by atoms with van der Waals surface area (Å²) in [5.74, 6) is 0. The van der Waals surface area contributed by atoms with Crippen LogP contribution in [0.2, 0.25) is 0 Å². The van der Waals surface area contributed by atoms with E-state index in [1.807, 2.05) is 12.3 Å². The number of fused-ring (bicyclic) bond motifs is 1. The lowest BCUT2D eigenvalue weighted by molar-refractivity contribution is 0.667. The van der Waals surface area contributed by atoms with Crippen molar-refractivity contribution in [3.05, 3.63) is 35.7 Å². The van der Waals surface area contributed by atoms with Crippen LogP contribution in [0.1, 0.15) is 29.7 Å². The molecule has 1 aromatic heterocycles. The Labute approximate surface area is 73.1 Å². The van der Waals surface area contributed by atoms with Crippen LogP contribution in [0.25, 0.3) is 6.08 Å². The second-order valence-electron chi connectivity index (χ2n) is 3.29. The molecule has 0 spiro atoms. The summed E-state index contributed by atoms with van der Waals surface area (Å²) in [6.45, 7) is 3.74. The van der Waals surface area contributed by atoms with Gasteiger partial charge in [-0.1, -0.05) is 12.7 Å². The molecule has 1 aliphatic carbocycles. The first-order valence-corrected chi connectivity index (χ1v) is 4.50. The van der Waals surface area contributed by atoms with Gasteiger partial charge in [0.05, 0.1) is 0 Å². The minimum Gasteiger partial charge on any atom is -0.260 e. The van der Waals surface area contributed by atoms with Gasteiger partial charge in [-0.05, 0) is 42.9 Å². The summed E-state index contributed by atoms with van der Waals surface area (Å²) in [5, 5.41) is 0. The summed E-state index contributed by atoms with van der Waals surface area (Å²) >= 11 is 0. The molecule has 0 N–H and O–H groups in total. The van der Waals surface area contributed by atoms with Crippen molar-refractivity contribution in [3.63, 3.8) is 0 Å². The van der Waals surface area contributed by atoms with E-state index >= 15 is 0 Å². The van der Waals surface area contributed by atoms with Gasteiger partial charge in [0.2, 0.25) is 0 Å². The molecule has 2 rings (SSSR count). The van der Waals surface area contributed by atoms with E-state index in [-0.39, 0.29) is 0 Å². The van der Waals surface area contributed by atoms with Crippen LogP contribution in [-0.2, 0) is 12.8 Å². The van der Waals surface area contributed by atoms with Crippen LogP contribution in [0.4, 0.5) is 0 Å². The van der Waals surface area contributed by atoms with Gasteiger partial charge in [-0.3, -0.25) is 4.98 Å². The van der Waals surface area contributed by atoms with Crippen molar-refractivity contribution in [2.24, 2.45) is 0 Å². The maximum Gasteiger partial charge on any atom is 0.0436 e. The number of hydrogen-bond donors (Lipinski definition) is 0. The molecule has 0 saturated carbocycles. The Kier molecular flexibility index (Phi) is 1.94. The van der Waals surface area contributed by atoms with Crippen molar-refractivity contribution < 1.29 is 0 Å². The number of pyridine rings is 1. The van der Waals surface area contributed by atoms with Gasteiger partial charge in [-0.15, -0.1) is 0 Å². The third kappa shape index (κ3) is 1.27. The molecule has 0 unspecified atom stereocenters. The zero-order valence-electron chi connectivity index (χ0n) is 7.21. The first-order chi connectivity index (χ1) is 5.90. The maximum absolute atomic E-state index is 4.42. The third-order valence-corrected chi connectivity index (χ3v) is 2.43. The van der Waals surface area contributed by atoms with E-state index in [0.29, 0.717) is 0 Å². The summed E-state index contributed by atoms with van der Waals surface area (Å²) in [4.78, 5) is 4.42. The summed E-state index contributed by atoms with van der Waals surface area (Å²) < 4.78 is 0. The van der Waals surface area contributed by atoms with Crippen LogP contribution < -0.4 is 0 Å². The molecule has 12 heavy (non-hydrogen) atoms. The van der Waals surface area contributed by atoms with Crippen molar-refractivity contribution in [2.45, 2.75) is 25.7 Å². The van der Waals surface area contributed by atoms with Crippen molar-refractivity contribution >= 4 is 6.08 Å². The van der Waals surface area contributed by atoms with Gasteiger partial charge in [-0.2, -0.15) is 0 Å². The van der Waals surface area contributed by atoms with Crippen LogP contribution in [0.3, 0.4) is 0 Å². The predicted molar refractivity (Wildman–Crippen MR) is 51.0 cm³/mol. The molecular weight excluding hydrogens is 146 g/mol. The van der Waals surface area contributed by atoms with Crippen LogP contribution in [0.5, 0.6) is 0 Å². The number of aryl methyl sites for hydroxylation is 2. The Balaban J connectivity index is 2.42. The SMILES string of the molecule is C=Cc1cnc2c(c1)CCCC2. The van der Waals surface area contributed by atoms with E-state index in [9.17, 15) is 0 Å². The summed E-state index contributed by atoms with van der Waals surface area (Å²) in [6, 6.07) is 2.22. The van der Waals surface area contributed by atoms with Crippen LogP contribution >= 0.6 is 0 Å². The molecule has 1 heteroatoms. The topological polar surface area (TPSA) is 12.9 Å². The van der Waals surface area contributed by atoms with E-state index in [1.54, 1.807) is 0 Å². The first kappa shape index (κ1) is 7.53. The molecular formula is C11H13N. The first-order valence-electron chi connectivity index (χ1n) is 4.50. The number of rotatable bonds is 1. The molecule has 1 nitrogen and oxygen atoms in total. The number of aromatic nitrogens is 1. The Morgan fingerprint density at radius 1 is 1.33 bits per heavy atom. The predicted octanol–water partition coefficient (Wildman–Crippen LogP) is 2.60. The van der Waals surface area contributed by atoms with Crippen LogP contribution in [0.15, 0.2) is 18.8 Å². The van der Waals surface area contributed by atoms with Gasteiger partial charge in [0.15, 0.2) is 0 Å². The van der Waals surface area contributed by atoms with E-state index in [1.165, 1.54) is 30.5 Å². The van der Waals surface area contributed by atoms with Crippen molar-refractivity contribution in [3.8, 4) is 0 Å². The molecule has 0 bridgehead atoms. The molecule has 0 atom stereocenters. The number of hydrogen-bond acceptors (Lipinski definition) is 1. The summed E-state index contributed by atoms with van der Waals surface area (Å²) in [6.07, 6.45) is 8.75. The van der Waals surface area contributed by atoms with Gasteiger partial charge in [0.25, 0.3) is 0 Å². The van der Waals surface area contributed by atoms with Gasteiger partial charge >= 0.3 is 0 Å². The molecule has 0 fully saturated rings. The lowest BCUT2D eigenvalue weighted by Gasteiger charge is -2.14. The van der Waals surface area contributed by atoms with Crippen LogP contribution in [-0.4, -0.2) is 4.98 Å². The van der Waals surface area contributed by atoms with Gasteiger partial charge in [0, 0.05) is 11.9 Å². The second-order valence-corrected chi connectivity index (χ2v) is 3.29. The van der Waals surface area contributed by atoms with E-state index in [0.717, 1.165) is 12.0 Å². The van der Waals surface area contributed by atoms with Crippen molar-refractivity contribution in [1.82, 2.24) is 4.98 Å². The third-order valence-electron chi connectivity index (χ3n) is 2.43. The van der Waals surface area contributed by atoms with E-state index in [4.69, 9.17) is 0 Å². The van der Waals surface area contributed by atoms with Gasteiger partial charge < -0.3 is 0 Å². The highest BCUT2D eigenvalue weighted by Gasteiger charge is 2.09. The fourth-order valence-corrected chi connectivity index (χ4v) is 1.72. The Bertz CT molecular complexity index is 302. The summed E-state index contributed by atoms with van der Waals surface area (Å²) in [5.41, 5.74) is 3.88. The largest absolute Gasteiger partial charge is 0.260 e. The molecule has 0 aliphatic heterocycles. The van der Waals surface area contributed by atoms with E-state index in [2.05, 4.69) is 17.6 Å². The lowest BCUT2D eigenvalue weighted by atomic mass is 9.95. The highest BCUT2D eigenvalue weighted by molar-refractivity contribution is 5.47. The molecule has 0 saturated heterocycles. The standard InChI is InChI=1S/C11H13N/c1-2-9-7-10-5-3-4-6-11(10)12-8-9/h2,7-8H,1,3-6H2. The average molecular weight is 159 g/mol. The minimum atomic E-state index is 1.15. The molecule has 1 heterocycles. The maximum atomic E-state index is 4.42. The van der Waals surface area contributed by atoms with E-state index < -0.39 is 0 Å². The smallest absolute Gasteiger partial charge is 0.0436 e. The average Bonchev–Trinajstić information content (AvgIpc) is 2.17. The van der Waals surface area contributed by atoms with Gasteiger partial charge in [0.1, 0.15) is 0 Å². The zero-order valence-corrected chi connectivity index (χ0v) is 7.21. The molecule has 62 valence electrons. The minimum absolute atomic E-state index is 1.15. The fourth-order valence-electron chi connectivity index (χ4n) is 1.72. The Hall–Kier alpha value is -1.11. The van der Waals surface area contributed by atoms with Crippen LogP contribution in [0, 0.1) is 0 Å². The molecule has 0 radical (unpaired) electrons. The molecule has 1 aliphatic rings. The lowest BCUT2D eigenvalue weighted by Crippen LogP contribution is -2.04. The second kappa shape index (κ2) is 3.10. The Morgan fingerprint density at radius 3 is 3.00 bits per heavy atom. The quantitative estimate of drug-likeness (QED) is 0.613. The highest BCUT2D eigenvalue weighted by atomic mass is 14.7. The summed E-state index contributed by atoms with van der Waals surface area (Å²) in [7, 11) is 0. The molecule has 1 aromatic rings. The normalized spacial score (nSPS) is 15.3. The fraction of sp³-hybridized carbons (Fsp3) is 0.364. The molecule has 0 aromatic carbocycles. The van der Waals surface area contributed by atoms with Crippen molar-refractivity contribution in [2.75, 3.05) is 0 Å². The van der Waals surface area contributed by atoms with Crippen molar-refractivity contribution in [1.29, 1.82) is 0 Å². The van der Waals surface area contributed by atoms with Gasteiger partial charge in [-0.25, -0.2) is 0 Å². The number of nitrogens with zero attached hydrogens (tertiary/aromatic N) is 1. The zero-order chi connectivity index (χ0) is 8.39. The highest BCUT2D eigenvalue weighted by Crippen LogP contribution is 2.20. The monoisotopic (exact) mass is 159 g/mol.